The Kier molecular flexibility index (Phi) is 6.02. The second-order valence-corrected chi connectivity index (χ2v) is 5.86. The number of hydrogen-bond donors (Lipinski definition) is 1. The molecular weight excluding hydrogens is 352 g/mol. The number of rotatable bonds is 7. The zero-order valence-corrected chi connectivity index (χ0v) is 15.1. The van der Waals surface area contributed by atoms with Gasteiger partial charge >= 0.3 is 5.97 Å². The predicted molar refractivity (Wildman–Crippen MR) is 97.7 cm³/mol. The quantitative estimate of drug-likeness (QED) is 0.263. The highest BCUT2D eigenvalue weighted by atomic mass is 16.6. The Morgan fingerprint density at radius 1 is 1.22 bits per heavy atom. The van der Waals surface area contributed by atoms with E-state index in [0.29, 0.717) is 16.8 Å². The molecule has 27 heavy (non-hydrogen) atoms. The third-order valence-electron chi connectivity index (χ3n) is 3.95. The molecule has 0 spiro atoms. The van der Waals surface area contributed by atoms with Crippen LogP contribution in [0.4, 0.5) is 5.69 Å². The van der Waals surface area contributed by atoms with Gasteiger partial charge < -0.3 is 9.72 Å². The molecular formula is C19H18N2O6. The summed E-state index contributed by atoms with van der Waals surface area (Å²) in [5.41, 5.74) is 1.84. The molecule has 2 aromatic rings. The molecule has 140 valence electrons. The minimum Gasteiger partial charge on any atom is -0.454 e. The second kappa shape index (κ2) is 8.22. The van der Waals surface area contributed by atoms with E-state index in [9.17, 15) is 24.5 Å². The number of nitro benzene ring substituents is 1. The highest BCUT2D eigenvalue weighted by molar-refractivity contribution is 6.04. The zero-order valence-electron chi connectivity index (χ0n) is 15.1. The molecule has 0 saturated carbocycles. The van der Waals surface area contributed by atoms with Gasteiger partial charge in [0.15, 0.2) is 12.4 Å². The van der Waals surface area contributed by atoms with Crippen LogP contribution < -0.4 is 0 Å². The molecule has 1 aromatic carbocycles. The molecule has 0 radical (unpaired) electrons. The summed E-state index contributed by atoms with van der Waals surface area (Å²) in [5, 5.41) is 10.9. The lowest BCUT2D eigenvalue weighted by molar-refractivity contribution is -0.385. The minimum atomic E-state index is -0.811. The highest BCUT2D eigenvalue weighted by Crippen LogP contribution is 2.20. The number of carbonyl (C=O) groups excluding carboxylic acids is 3. The lowest BCUT2D eigenvalue weighted by atomic mass is 10.1. The number of carbonyl (C=O) groups is 3. The second-order valence-electron chi connectivity index (χ2n) is 5.86. The number of nitro groups is 1. The first-order valence-electron chi connectivity index (χ1n) is 8.04. The smallest absolute Gasteiger partial charge is 0.331 e. The van der Waals surface area contributed by atoms with E-state index in [4.69, 9.17) is 4.74 Å². The summed E-state index contributed by atoms with van der Waals surface area (Å²) in [6.07, 6.45) is 2.27. The van der Waals surface area contributed by atoms with Gasteiger partial charge in [-0.3, -0.25) is 19.7 Å². The predicted octanol–water partition coefficient (Wildman–Crippen LogP) is 3.18. The van der Waals surface area contributed by atoms with Crippen LogP contribution in [0, 0.1) is 24.0 Å². The number of ether oxygens (including phenoxy) is 1. The Hall–Kier alpha value is -3.55. The fourth-order valence-electron chi connectivity index (χ4n) is 2.77. The van der Waals surface area contributed by atoms with Gasteiger partial charge in [-0.1, -0.05) is 12.1 Å². The molecule has 0 saturated heterocycles. The van der Waals surface area contributed by atoms with Gasteiger partial charge in [0.2, 0.25) is 5.78 Å². The largest absolute Gasteiger partial charge is 0.454 e. The molecule has 2 rings (SSSR count). The van der Waals surface area contributed by atoms with E-state index in [1.807, 2.05) is 0 Å². The van der Waals surface area contributed by atoms with Crippen molar-refractivity contribution in [1.29, 1.82) is 0 Å². The Morgan fingerprint density at radius 2 is 1.89 bits per heavy atom. The van der Waals surface area contributed by atoms with Crippen molar-refractivity contribution in [1.82, 2.24) is 4.98 Å². The van der Waals surface area contributed by atoms with Crippen molar-refractivity contribution < 1.29 is 24.0 Å². The summed E-state index contributed by atoms with van der Waals surface area (Å²) in [5.74, 6) is -1.45. The first-order chi connectivity index (χ1) is 12.7. The molecule has 8 nitrogen and oxygen atoms in total. The normalized spacial score (nSPS) is 10.8. The van der Waals surface area contributed by atoms with Crippen LogP contribution in [0.15, 0.2) is 30.3 Å². The van der Waals surface area contributed by atoms with Crippen LogP contribution >= 0.6 is 0 Å². The standard InChI is InChI=1S/C19H18N2O6/c1-11-18(13(3)22)12(2)20-19(11)16(23)10-27-17(24)9-8-14-6-4-5-7-15(14)21(25)26/h4-9,20H,10H2,1-3H3/b9-8+. The molecule has 1 N–H and O–H groups in total. The zero-order chi connectivity index (χ0) is 20.1. The van der Waals surface area contributed by atoms with E-state index >= 15 is 0 Å². The van der Waals surface area contributed by atoms with Gasteiger partial charge in [0.05, 0.1) is 16.2 Å². The number of ketones is 2. The maximum Gasteiger partial charge on any atom is 0.331 e. The van der Waals surface area contributed by atoms with Crippen molar-refractivity contribution >= 4 is 29.3 Å². The van der Waals surface area contributed by atoms with Crippen molar-refractivity contribution in [3.63, 3.8) is 0 Å². The number of nitrogens with one attached hydrogen (secondary N) is 1. The van der Waals surface area contributed by atoms with E-state index in [0.717, 1.165) is 6.08 Å². The molecule has 8 heteroatoms. The minimum absolute atomic E-state index is 0.146. The number of aryl methyl sites for hydroxylation is 1. The average molecular weight is 370 g/mol. The van der Waals surface area contributed by atoms with Crippen molar-refractivity contribution in [2.45, 2.75) is 20.8 Å². The van der Waals surface area contributed by atoms with Gasteiger partial charge in [-0.2, -0.15) is 0 Å². The molecule has 0 unspecified atom stereocenters. The number of esters is 1. The van der Waals surface area contributed by atoms with Crippen molar-refractivity contribution in [2.75, 3.05) is 6.61 Å². The summed E-state index contributed by atoms with van der Waals surface area (Å²) in [7, 11) is 0. The number of H-pyrrole nitrogens is 1. The summed E-state index contributed by atoms with van der Waals surface area (Å²) in [6, 6.07) is 5.92. The van der Waals surface area contributed by atoms with E-state index in [1.54, 1.807) is 19.9 Å². The Labute approximate surface area is 155 Å². The topological polar surface area (TPSA) is 119 Å². The number of hydrogen-bond acceptors (Lipinski definition) is 6. The van der Waals surface area contributed by atoms with Crippen LogP contribution in [0.5, 0.6) is 0 Å². The molecule has 1 heterocycles. The molecule has 0 aliphatic heterocycles. The van der Waals surface area contributed by atoms with Crippen LogP contribution in [0.2, 0.25) is 0 Å². The van der Waals surface area contributed by atoms with Gasteiger partial charge in [0.1, 0.15) is 0 Å². The highest BCUT2D eigenvalue weighted by Gasteiger charge is 2.20. The van der Waals surface area contributed by atoms with Gasteiger partial charge in [0.25, 0.3) is 5.69 Å². The average Bonchev–Trinajstić information content (AvgIpc) is 2.92. The fourth-order valence-corrected chi connectivity index (χ4v) is 2.77. The van der Waals surface area contributed by atoms with Crippen LogP contribution in [0.1, 0.15) is 44.6 Å². The summed E-state index contributed by atoms with van der Waals surface area (Å²) in [6.45, 7) is 4.22. The summed E-state index contributed by atoms with van der Waals surface area (Å²) < 4.78 is 4.89. The van der Waals surface area contributed by atoms with E-state index in [2.05, 4.69) is 4.98 Å². The molecule has 0 atom stereocenters. The number of benzene rings is 1. The SMILES string of the molecule is CC(=O)c1c(C)[nH]c(C(=O)COC(=O)/C=C/c2ccccc2[N+](=O)[O-])c1C. The van der Waals surface area contributed by atoms with E-state index < -0.39 is 23.3 Å². The third-order valence-corrected chi connectivity index (χ3v) is 3.95. The number of aromatic nitrogens is 1. The molecule has 1 aromatic heterocycles. The van der Waals surface area contributed by atoms with E-state index in [-0.39, 0.29) is 22.7 Å². The van der Waals surface area contributed by atoms with Crippen molar-refractivity contribution in [3.05, 3.63) is 68.5 Å². The maximum absolute atomic E-state index is 12.2. The summed E-state index contributed by atoms with van der Waals surface area (Å²) in [4.78, 5) is 48.9. The van der Waals surface area contributed by atoms with Crippen LogP contribution in [0.3, 0.4) is 0 Å². The number of nitrogens with zero attached hydrogens (tertiary/aromatic N) is 1. The Bertz CT molecular complexity index is 955. The number of aromatic amines is 1. The first-order valence-corrected chi connectivity index (χ1v) is 8.04. The Balaban J connectivity index is 2.04. The lowest BCUT2D eigenvalue weighted by Gasteiger charge is -2.02. The van der Waals surface area contributed by atoms with Gasteiger partial charge in [-0.15, -0.1) is 0 Å². The van der Waals surface area contributed by atoms with Crippen LogP contribution in [0.25, 0.3) is 6.08 Å². The van der Waals surface area contributed by atoms with Crippen LogP contribution in [-0.4, -0.2) is 34.0 Å². The molecule has 0 bridgehead atoms. The van der Waals surface area contributed by atoms with Gasteiger partial charge in [0, 0.05) is 23.4 Å². The molecule has 0 aliphatic carbocycles. The fraction of sp³-hybridized carbons (Fsp3) is 0.211. The van der Waals surface area contributed by atoms with Crippen LogP contribution in [-0.2, 0) is 9.53 Å². The van der Waals surface area contributed by atoms with Crippen molar-refractivity contribution in [3.8, 4) is 0 Å². The number of Topliss-reactive ketones (excluding diaryl/α,β-unsaturated/α-hetero) is 2. The third kappa shape index (κ3) is 4.55. The Morgan fingerprint density at radius 3 is 2.48 bits per heavy atom. The molecule has 0 amide bonds. The molecule has 0 aliphatic rings. The van der Waals surface area contributed by atoms with E-state index in [1.165, 1.54) is 31.2 Å². The molecule has 0 fully saturated rings. The monoisotopic (exact) mass is 370 g/mol. The van der Waals surface area contributed by atoms with Crippen molar-refractivity contribution in [2.24, 2.45) is 0 Å². The summed E-state index contributed by atoms with van der Waals surface area (Å²) >= 11 is 0. The van der Waals surface area contributed by atoms with Gasteiger partial charge in [-0.25, -0.2) is 4.79 Å². The number of para-hydroxylation sites is 1. The first kappa shape index (κ1) is 19.8. The lowest BCUT2D eigenvalue weighted by Crippen LogP contribution is -2.14. The maximum atomic E-state index is 12.2. The van der Waals surface area contributed by atoms with Gasteiger partial charge in [-0.05, 0) is 38.5 Å².